The molecule has 0 aromatic heterocycles. The molecule has 76 valence electrons. The van der Waals surface area contributed by atoms with E-state index in [1.165, 1.54) is 28.3 Å². The van der Waals surface area contributed by atoms with Crippen LogP contribution < -0.4 is 0 Å². The van der Waals surface area contributed by atoms with Crippen molar-refractivity contribution in [1.29, 1.82) is 0 Å². The molecule has 0 N–H and O–H groups in total. The van der Waals surface area contributed by atoms with Crippen molar-refractivity contribution in [2.75, 3.05) is 0 Å². The molecule has 0 heterocycles. The van der Waals surface area contributed by atoms with Gasteiger partial charge in [-0.05, 0) is 28.3 Å². The number of rotatable bonds is 3. The van der Waals surface area contributed by atoms with Crippen molar-refractivity contribution < 1.29 is 0 Å². The van der Waals surface area contributed by atoms with Crippen molar-refractivity contribution >= 4 is 16.8 Å². The van der Waals surface area contributed by atoms with Crippen molar-refractivity contribution in [3.63, 3.8) is 0 Å². The summed E-state index contributed by atoms with van der Waals surface area (Å²) in [6.07, 6.45) is 4.27. The summed E-state index contributed by atoms with van der Waals surface area (Å²) in [7, 11) is 0. The van der Waals surface area contributed by atoms with Crippen LogP contribution in [0.3, 0.4) is 0 Å². The zero-order valence-electron chi connectivity index (χ0n) is 9.16. The molecule has 0 aliphatic heterocycles. The van der Waals surface area contributed by atoms with Gasteiger partial charge >= 0.3 is 0 Å². The van der Waals surface area contributed by atoms with Gasteiger partial charge in [-0.3, -0.25) is 0 Å². The molecule has 15 heavy (non-hydrogen) atoms. The normalized spacial score (nSPS) is 10.5. The first-order valence-electron chi connectivity index (χ1n) is 5.50. The highest BCUT2D eigenvalue weighted by Gasteiger charge is 2.02. The van der Waals surface area contributed by atoms with Crippen molar-refractivity contribution in [2.45, 2.75) is 19.8 Å². The minimum Gasteiger partial charge on any atom is -0.0984 e. The molecule has 0 unspecified atom stereocenters. The van der Waals surface area contributed by atoms with Crippen molar-refractivity contribution in [3.05, 3.63) is 54.1 Å². The second-order valence-corrected chi connectivity index (χ2v) is 3.82. The molecular formula is C15H16. The lowest BCUT2D eigenvalue weighted by molar-refractivity contribution is 0.929. The molecule has 2 rings (SSSR count). The zero-order valence-corrected chi connectivity index (χ0v) is 9.16. The Morgan fingerprint density at radius 3 is 2.53 bits per heavy atom. The third-order valence-corrected chi connectivity index (χ3v) is 2.76. The summed E-state index contributed by atoms with van der Waals surface area (Å²) in [6, 6.07) is 12.9. The Labute approximate surface area is 91.2 Å². The average molecular weight is 196 g/mol. The van der Waals surface area contributed by atoms with E-state index in [2.05, 4.69) is 49.9 Å². The van der Waals surface area contributed by atoms with E-state index in [0.717, 1.165) is 6.42 Å². The van der Waals surface area contributed by atoms with Gasteiger partial charge < -0.3 is 0 Å². The Hall–Kier alpha value is -1.56. The van der Waals surface area contributed by atoms with E-state index in [9.17, 15) is 0 Å². The first kappa shape index (κ1) is 9.97. The van der Waals surface area contributed by atoms with Crippen LogP contribution in [0.1, 0.15) is 24.5 Å². The maximum atomic E-state index is 3.88. The van der Waals surface area contributed by atoms with Gasteiger partial charge in [0.2, 0.25) is 0 Å². The highest BCUT2D eigenvalue weighted by Crippen LogP contribution is 2.24. The van der Waals surface area contributed by atoms with Gasteiger partial charge in [0.15, 0.2) is 0 Å². The van der Waals surface area contributed by atoms with Crippen LogP contribution in [-0.4, -0.2) is 0 Å². The SMILES string of the molecule is C=Cc1cccc2cccc(CCC)c12. The van der Waals surface area contributed by atoms with Crippen LogP contribution in [0.15, 0.2) is 43.0 Å². The molecule has 0 aliphatic rings. The standard InChI is InChI=1S/C15H16/c1-3-7-13-9-6-11-14-10-5-8-12(4-2)15(13)14/h4-6,8-11H,2-3,7H2,1H3. The van der Waals surface area contributed by atoms with Gasteiger partial charge in [0.1, 0.15) is 0 Å². The molecule has 0 nitrogen and oxygen atoms in total. The highest BCUT2D eigenvalue weighted by molar-refractivity contribution is 5.93. The summed E-state index contributed by atoms with van der Waals surface area (Å²) in [5.74, 6) is 0. The van der Waals surface area contributed by atoms with Gasteiger partial charge in [0, 0.05) is 0 Å². The molecule has 0 saturated carbocycles. The summed E-state index contributed by atoms with van der Waals surface area (Å²) in [6.45, 7) is 6.10. The smallest absolute Gasteiger partial charge is 0.00795 e. The summed E-state index contributed by atoms with van der Waals surface area (Å²) in [4.78, 5) is 0. The number of hydrogen-bond donors (Lipinski definition) is 0. The molecule has 0 atom stereocenters. The first-order valence-corrected chi connectivity index (χ1v) is 5.50. The van der Waals surface area contributed by atoms with Crippen molar-refractivity contribution in [2.24, 2.45) is 0 Å². The van der Waals surface area contributed by atoms with Gasteiger partial charge in [-0.1, -0.05) is 62.4 Å². The molecule has 0 radical (unpaired) electrons. The molecule has 0 bridgehead atoms. The van der Waals surface area contributed by atoms with Crippen LogP contribution in [0, 0.1) is 0 Å². The fraction of sp³-hybridized carbons (Fsp3) is 0.200. The molecule has 0 saturated heterocycles. The van der Waals surface area contributed by atoms with Gasteiger partial charge in [0.05, 0.1) is 0 Å². The highest BCUT2D eigenvalue weighted by atomic mass is 14.1. The minimum atomic E-state index is 1.14. The van der Waals surface area contributed by atoms with E-state index < -0.39 is 0 Å². The second kappa shape index (κ2) is 4.31. The van der Waals surface area contributed by atoms with Crippen LogP contribution in [0.4, 0.5) is 0 Å². The first-order chi connectivity index (χ1) is 7.36. The van der Waals surface area contributed by atoms with Crippen LogP contribution >= 0.6 is 0 Å². The Bertz CT molecular complexity index is 475. The van der Waals surface area contributed by atoms with E-state index in [4.69, 9.17) is 0 Å². The predicted octanol–water partition coefficient (Wildman–Crippen LogP) is 4.44. The minimum absolute atomic E-state index is 1.14. The molecular weight excluding hydrogens is 180 g/mol. The monoisotopic (exact) mass is 196 g/mol. The van der Waals surface area contributed by atoms with Gasteiger partial charge in [0.25, 0.3) is 0 Å². The number of fused-ring (bicyclic) bond motifs is 1. The van der Waals surface area contributed by atoms with Gasteiger partial charge in [-0.25, -0.2) is 0 Å². The van der Waals surface area contributed by atoms with E-state index in [-0.39, 0.29) is 0 Å². The quantitative estimate of drug-likeness (QED) is 0.681. The Balaban J connectivity index is 2.74. The van der Waals surface area contributed by atoms with Crippen LogP contribution in [0.25, 0.3) is 16.8 Å². The lowest BCUT2D eigenvalue weighted by atomic mass is 9.97. The zero-order chi connectivity index (χ0) is 10.7. The van der Waals surface area contributed by atoms with Crippen molar-refractivity contribution in [3.8, 4) is 0 Å². The number of benzene rings is 2. The topological polar surface area (TPSA) is 0 Å². The third-order valence-electron chi connectivity index (χ3n) is 2.76. The summed E-state index contributed by atoms with van der Waals surface area (Å²) in [5, 5.41) is 2.69. The summed E-state index contributed by atoms with van der Waals surface area (Å²) >= 11 is 0. The number of hydrogen-bond acceptors (Lipinski definition) is 0. The van der Waals surface area contributed by atoms with E-state index in [0.29, 0.717) is 0 Å². The van der Waals surface area contributed by atoms with E-state index >= 15 is 0 Å². The lowest BCUT2D eigenvalue weighted by Gasteiger charge is -2.08. The molecule has 0 amide bonds. The molecule has 2 aromatic rings. The Morgan fingerprint density at radius 2 is 1.87 bits per heavy atom. The largest absolute Gasteiger partial charge is 0.0984 e. The molecule has 0 aliphatic carbocycles. The second-order valence-electron chi connectivity index (χ2n) is 3.82. The van der Waals surface area contributed by atoms with Crippen LogP contribution in [0.5, 0.6) is 0 Å². The molecule has 2 aromatic carbocycles. The fourth-order valence-electron chi connectivity index (χ4n) is 2.10. The van der Waals surface area contributed by atoms with Crippen LogP contribution in [-0.2, 0) is 6.42 Å². The fourth-order valence-corrected chi connectivity index (χ4v) is 2.10. The van der Waals surface area contributed by atoms with E-state index in [1.807, 2.05) is 6.08 Å². The maximum Gasteiger partial charge on any atom is -0.00795 e. The van der Waals surface area contributed by atoms with Gasteiger partial charge in [-0.15, -0.1) is 0 Å². The van der Waals surface area contributed by atoms with E-state index in [1.54, 1.807) is 0 Å². The lowest BCUT2D eigenvalue weighted by Crippen LogP contribution is -1.88. The third kappa shape index (κ3) is 1.80. The maximum absolute atomic E-state index is 3.88. The van der Waals surface area contributed by atoms with Crippen LogP contribution in [0.2, 0.25) is 0 Å². The Kier molecular flexibility index (Phi) is 2.86. The predicted molar refractivity (Wildman–Crippen MR) is 68.0 cm³/mol. The van der Waals surface area contributed by atoms with Crippen molar-refractivity contribution in [1.82, 2.24) is 0 Å². The Morgan fingerprint density at radius 1 is 1.13 bits per heavy atom. The molecule has 0 spiro atoms. The summed E-state index contributed by atoms with van der Waals surface area (Å²) in [5.41, 5.74) is 2.68. The average Bonchev–Trinajstić information content (AvgIpc) is 2.29. The summed E-state index contributed by atoms with van der Waals surface area (Å²) < 4.78 is 0. The van der Waals surface area contributed by atoms with Gasteiger partial charge in [-0.2, -0.15) is 0 Å². The molecule has 0 heteroatoms. The molecule has 0 fully saturated rings. The number of aryl methyl sites for hydroxylation is 1.